The Hall–Kier alpha value is 0.137. The average molecular weight is 175 g/mol. The lowest BCUT2D eigenvalue weighted by molar-refractivity contribution is 0.242. The van der Waals surface area contributed by atoms with Gasteiger partial charge in [-0.25, -0.2) is 0 Å². The Bertz CT molecular complexity index is 83.8. The molecule has 0 fully saturated rings. The van der Waals surface area contributed by atoms with Crippen molar-refractivity contribution in [3.05, 3.63) is 6.92 Å². The molecule has 11 heavy (non-hydrogen) atoms. The lowest BCUT2D eigenvalue weighted by Gasteiger charge is -2.25. The molecular formula is C8H19O2Si. The maximum Gasteiger partial charge on any atom is 0.337 e. The minimum absolute atomic E-state index is 0.974. The van der Waals surface area contributed by atoms with E-state index in [2.05, 4.69) is 13.8 Å². The third kappa shape index (κ3) is 3.36. The highest BCUT2D eigenvalue weighted by Gasteiger charge is 2.31. The Labute approximate surface area is 71.1 Å². The van der Waals surface area contributed by atoms with Crippen LogP contribution in [0.15, 0.2) is 0 Å². The van der Waals surface area contributed by atoms with Gasteiger partial charge in [0.05, 0.1) is 0 Å². The molecule has 0 bridgehead atoms. The van der Waals surface area contributed by atoms with Crippen molar-refractivity contribution in [2.75, 3.05) is 14.2 Å². The molecule has 0 saturated carbocycles. The van der Waals surface area contributed by atoms with Gasteiger partial charge in [0.1, 0.15) is 0 Å². The Morgan fingerprint density at radius 3 is 2.09 bits per heavy atom. The van der Waals surface area contributed by atoms with Crippen LogP contribution in [0.4, 0.5) is 0 Å². The van der Waals surface area contributed by atoms with Crippen LogP contribution < -0.4 is 0 Å². The smallest absolute Gasteiger partial charge is 0.337 e. The van der Waals surface area contributed by atoms with Crippen LogP contribution in [0.1, 0.15) is 19.8 Å². The number of hydrogen-bond acceptors (Lipinski definition) is 2. The van der Waals surface area contributed by atoms with E-state index in [1.807, 2.05) is 0 Å². The molecule has 67 valence electrons. The molecule has 0 aliphatic carbocycles. The summed E-state index contributed by atoms with van der Waals surface area (Å²) < 4.78 is 10.9. The second-order valence-electron chi connectivity index (χ2n) is 2.63. The van der Waals surface area contributed by atoms with Gasteiger partial charge in [-0.1, -0.05) is 26.7 Å². The average Bonchev–Trinajstić information content (AvgIpc) is 2.08. The molecule has 0 unspecified atom stereocenters. The van der Waals surface area contributed by atoms with E-state index in [9.17, 15) is 0 Å². The normalized spacial score (nSPS) is 12.0. The van der Waals surface area contributed by atoms with Crippen LogP contribution in [0.3, 0.4) is 0 Å². The van der Waals surface area contributed by atoms with Gasteiger partial charge >= 0.3 is 8.56 Å². The predicted molar refractivity (Wildman–Crippen MR) is 49.7 cm³/mol. The van der Waals surface area contributed by atoms with E-state index < -0.39 is 8.56 Å². The van der Waals surface area contributed by atoms with Gasteiger partial charge in [0.25, 0.3) is 0 Å². The number of rotatable bonds is 6. The van der Waals surface area contributed by atoms with E-state index in [-0.39, 0.29) is 0 Å². The quantitative estimate of drug-likeness (QED) is 0.577. The first-order chi connectivity index (χ1) is 5.24. The molecule has 0 rings (SSSR count). The van der Waals surface area contributed by atoms with Crippen molar-refractivity contribution in [2.45, 2.75) is 31.9 Å². The van der Waals surface area contributed by atoms with Gasteiger partial charge in [-0.15, -0.1) is 0 Å². The van der Waals surface area contributed by atoms with Crippen molar-refractivity contribution < 1.29 is 8.85 Å². The van der Waals surface area contributed by atoms with Crippen LogP contribution in [-0.4, -0.2) is 22.8 Å². The van der Waals surface area contributed by atoms with Gasteiger partial charge in [0.15, 0.2) is 0 Å². The van der Waals surface area contributed by atoms with Crippen molar-refractivity contribution in [2.24, 2.45) is 0 Å². The van der Waals surface area contributed by atoms with Gasteiger partial charge in [-0.3, -0.25) is 0 Å². The molecule has 0 saturated heterocycles. The van der Waals surface area contributed by atoms with Crippen LogP contribution >= 0.6 is 0 Å². The molecule has 0 aliphatic rings. The van der Waals surface area contributed by atoms with Gasteiger partial charge in [0, 0.05) is 14.2 Å². The summed E-state index contributed by atoms with van der Waals surface area (Å²) in [6.07, 6.45) is 2.09. The van der Waals surface area contributed by atoms with Crippen LogP contribution in [0, 0.1) is 6.92 Å². The fraction of sp³-hybridized carbons (Fsp3) is 0.875. The standard InChI is InChI=1S/C8H19O2Si/c1-5-7-8-11(6-2,9-3)10-4/h1,5-8H2,2-4H3. The van der Waals surface area contributed by atoms with E-state index in [0.717, 1.165) is 24.9 Å². The molecule has 0 aromatic rings. The predicted octanol–water partition coefficient (Wildman–Crippen LogP) is 2.36. The topological polar surface area (TPSA) is 18.5 Å². The molecule has 3 heteroatoms. The second kappa shape index (κ2) is 5.74. The van der Waals surface area contributed by atoms with E-state index in [1.165, 1.54) is 0 Å². The summed E-state index contributed by atoms with van der Waals surface area (Å²) in [5, 5.41) is 0. The summed E-state index contributed by atoms with van der Waals surface area (Å²) in [5.74, 6) is 0. The molecule has 0 spiro atoms. The lowest BCUT2D eigenvalue weighted by Crippen LogP contribution is -2.38. The molecular weight excluding hydrogens is 156 g/mol. The van der Waals surface area contributed by atoms with Gasteiger partial charge in [-0.2, -0.15) is 0 Å². The highest BCUT2D eigenvalue weighted by molar-refractivity contribution is 6.67. The highest BCUT2D eigenvalue weighted by Crippen LogP contribution is 2.19. The van der Waals surface area contributed by atoms with Gasteiger partial charge < -0.3 is 8.85 Å². The SMILES string of the molecule is [CH2]CCC[Si](CC)(OC)OC. The largest absolute Gasteiger partial charge is 0.398 e. The van der Waals surface area contributed by atoms with Crippen molar-refractivity contribution in [1.29, 1.82) is 0 Å². The van der Waals surface area contributed by atoms with E-state index in [0.29, 0.717) is 0 Å². The van der Waals surface area contributed by atoms with Crippen LogP contribution in [-0.2, 0) is 8.85 Å². The van der Waals surface area contributed by atoms with Crippen molar-refractivity contribution in [3.63, 3.8) is 0 Å². The first-order valence-electron chi connectivity index (χ1n) is 4.14. The molecule has 0 aromatic carbocycles. The van der Waals surface area contributed by atoms with E-state index >= 15 is 0 Å². The molecule has 0 aromatic heterocycles. The van der Waals surface area contributed by atoms with Crippen LogP contribution in [0.5, 0.6) is 0 Å². The zero-order chi connectivity index (χ0) is 8.74. The molecule has 0 heterocycles. The summed E-state index contributed by atoms with van der Waals surface area (Å²) in [7, 11) is 1.73. The molecule has 0 atom stereocenters. The van der Waals surface area contributed by atoms with Crippen molar-refractivity contribution >= 4 is 8.56 Å². The Morgan fingerprint density at radius 1 is 1.27 bits per heavy atom. The molecule has 1 radical (unpaired) electrons. The van der Waals surface area contributed by atoms with Gasteiger partial charge in [-0.05, 0) is 12.1 Å². The molecule has 2 nitrogen and oxygen atoms in total. The summed E-state index contributed by atoms with van der Waals surface area (Å²) in [6.45, 7) is 5.93. The fourth-order valence-corrected chi connectivity index (χ4v) is 3.44. The number of hydrogen-bond donors (Lipinski definition) is 0. The monoisotopic (exact) mass is 175 g/mol. The summed E-state index contributed by atoms with van der Waals surface area (Å²) in [6, 6.07) is 2.10. The third-order valence-corrected chi connectivity index (χ3v) is 5.77. The van der Waals surface area contributed by atoms with Crippen molar-refractivity contribution in [3.8, 4) is 0 Å². The molecule has 0 amide bonds. The zero-order valence-electron chi connectivity index (χ0n) is 7.85. The highest BCUT2D eigenvalue weighted by atomic mass is 28.4. The molecule has 0 aliphatic heterocycles. The third-order valence-electron chi connectivity index (χ3n) is 2.09. The Kier molecular flexibility index (Phi) is 5.82. The minimum atomic E-state index is -1.78. The maximum atomic E-state index is 5.43. The molecule has 0 N–H and O–H groups in total. The maximum absolute atomic E-state index is 5.43. The van der Waals surface area contributed by atoms with Crippen molar-refractivity contribution in [1.82, 2.24) is 0 Å². The fourth-order valence-electron chi connectivity index (χ4n) is 1.15. The van der Waals surface area contributed by atoms with Crippen LogP contribution in [0.25, 0.3) is 0 Å². The summed E-state index contributed by atoms with van der Waals surface area (Å²) in [5.41, 5.74) is 0. The van der Waals surface area contributed by atoms with E-state index in [4.69, 9.17) is 8.85 Å². The first kappa shape index (κ1) is 11.1. The van der Waals surface area contributed by atoms with Gasteiger partial charge in [0.2, 0.25) is 0 Å². The second-order valence-corrected chi connectivity index (χ2v) is 6.47. The lowest BCUT2D eigenvalue weighted by atomic mass is 10.4. The summed E-state index contributed by atoms with van der Waals surface area (Å²) in [4.78, 5) is 0. The first-order valence-corrected chi connectivity index (χ1v) is 6.37. The minimum Gasteiger partial charge on any atom is -0.398 e. The zero-order valence-corrected chi connectivity index (χ0v) is 8.85. The number of unbranched alkanes of at least 4 members (excludes halogenated alkanes) is 1. The van der Waals surface area contributed by atoms with Crippen LogP contribution in [0.2, 0.25) is 12.1 Å². The Morgan fingerprint density at radius 2 is 1.82 bits per heavy atom. The summed E-state index contributed by atoms with van der Waals surface area (Å²) >= 11 is 0. The van der Waals surface area contributed by atoms with E-state index in [1.54, 1.807) is 14.2 Å². The Balaban J connectivity index is 3.84.